The summed E-state index contributed by atoms with van der Waals surface area (Å²) in [6, 6.07) is 24.1. The van der Waals surface area contributed by atoms with Crippen LogP contribution in [0.15, 0.2) is 107 Å². The van der Waals surface area contributed by atoms with Gasteiger partial charge in [0.2, 0.25) is 5.88 Å². The number of sulfone groups is 1. The Morgan fingerprint density at radius 2 is 1.57 bits per heavy atom. The summed E-state index contributed by atoms with van der Waals surface area (Å²) in [5.41, 5.74) is 10.2. The maximum Gasteiger partial charge on any atom is 0.264 e. The Hall–Kier alpha value is -5.07. The Balaban J connectivity index is 1.38. The lowest BCUT2D eigenvalue weighted by Gasteiger charge is -2.14. The second-order valence-electron chi connectivity index (χ2n) is 9.97. The SMILES string of the molecule is CCS(=O)(=O)c1ccc(-c2cc3cc(-c4cnc(OC)c(NS(=O)(=O)c5cccc6cccnc56)c4)ccc3nc2N)cc1. The lowest BCUT2D eigenvalue weighted by molar-refractivity contribution is 0.400. The molecule has 0 saturated carbocycles. The standard InChI is InChI=1S/C32H27N5O5S2/c1-3-43(38,39)25-12-9-20(10-13-25)26-17-23-16-22(11-14-27(23)36-31(26)33)24-18-28(32(42-2)35-19-24)37-44(40,41)29-8-4-6-21-7-5-15-34-30(21)29/h4-19,37H,3H2,1-2H3,(H2,33,36). The molecule has 0 atom stereocenters. The van der Waals surface area contributed by atoms with Gasteiger partial charge >= 0.3 is 0 Å². The molecule has 12 heteroatoms. The maximum atomic E-state index is 13.5. The van der Waals surface area contributed by atoms with Crippen molar-refractivity contribution >= 4 is 53.2 Å². The predicted molar refractivity (Wildman–Crippen MR) is 172 cm³/mol. The van der Waals surface area contributed by atoms with Crippen molar-refractivity contribution in [3.8, 4) is 28.1 Å². The molecular weight excluding hydrogens is 599 g/mol. The van der Waals surface area contributed by atoms with E-state index < -0.39 is 19.9 Å². The average Bonchev–Trinajstić information content (AvgIpc) is 3.03. The molecule has 0 aliphatic rings. The first-order valence-corrected chi connectivity index (χ1v) is 16.7. The highest BCUT2D eigenvalue weighted by Gasteiger charge is 2.21. The zero-order chi connectivity index (χ0) is 31.1. The Labute approximate surface area is 254 Å². The van der Waals surface area contributed by atoms with Crippen molar-refractivity contribution in [3.05, 3.63) is 97.3 Å². The minimum absolute atomic E-state index is 0.0124. The molecule has 222 valence electrons. The van der Waals surface area contributed by atoms with Crippen LogP contribution in [0.2, 0.25) is 0 Å². The van der Waals surface area contributed by atoms with Crippen LogP contribution in [0.3, 0.4) is 0 Å². The van der Waals surface area contributed by atoms with Gasteiger partial charge in [-0.05, 0) is 59.7 Å². The highest BCUT2D eigenvalue weighted by Crippen LogP contribution is 2.34. The number of pyridine rings is 3. The van der Waals surface area contributed by atoms with E-state index in [1.807, 2.05) is 24.3 Å². The van der Waals surface area contributed by atoms with E-state index in [0.29, 0.717) is 33.4 Å². The van der Waals surface area contributed by atoms with Gasteiger partial charge in [0.1, 0.15) is 16.4 Å². The Kier molecular flexibility index (Phi) is 7.39. The lowest BCUT2D eigenvalue weighted by Crippen LogP contribution is -2.15. The molecule has 3 aromatic heterocycles. The average molecular weight is 626 g/mol. The molecule has 0 aliphatic carbocycles. The van der Waals surface area contributed by atoms with Crippen LogP contribution in [0.25, 0.3) is 44.1 Å². The molecule has 6 rings (SSSR count). The molecule has 0 spiro atoms. The van der Waals surface area contributed by atoms with Gasteiger partial charge in [0, 0.05) is 34.3 Å². The molecule has 0 amide bonds. The molecule has 3 N–H and O–H groups in total. The van der Waals surface area contributed by atoms with E-state index in [-0.39, 0.29) is 27.1 Å². The fraction of sp³-hybridized carbons (Fsp3) is 0.0938. The molecule has 0 radical (unpaired) electrons. The monoisotopic (exact) mass is 625 g/mol. The molecular formula is C32H27N5O5S2. The van der Waals surface area contributed by atoms with Crippen LogP contribution in [-0.2, 0) is 19.9 Å². The number of para-hydroxylation sites is 1. The van der Waals surface area contributed by atoms with Crippen LogP contribution >= 0.6 is 0 Å². The Bertz CT molecular complexity index is 2270. The molecule has 3 heterocycles. The molecule has 0 aliphatic heterocycles. The highest BCUT2D eigenvalue weighted by atomic mass is 32.2. The smallest absolute Gasteiger partial charge is 0.264 e. The molecule has 0 saturated heterocycles. The number of sulfonamides is 1. The Morgan fingerprint density at radius 1 is 0.818 bits per heavy atom. The first kappa shape index (κ1) is 29.0. The summed E-state index contributed by atoms with van der Waals surface area (Å²) in [5, 5.41) is 1.47. The van der Waals surface area contributed by atoms with Gasteiger partial charge in [0.25, 0.3) is 10.0 Å². The molecule has 0 bridgehead atoms. The van der Waals surface area contributed by atoms with Crippen LogP contribution in [-0.4, -0.2) is 44.7 Å². The summed E-state index contributed by atoms with van der Waals surface area (Å²) in [6.45, 7) is 1.60. The van der Waals surface area contributed by atoms with Gasteiger partial charge in [-0.3, -0.25) is 9.71 Å². The van der Waals surface area contributed by atoms with Gasteiger partial charge in [-0.15, -0.1) is 0 Å². The topological polar surface area (TPSA) is 154 Å². The first-order chi connectivity index (χ1) is 21.1. The third kappa shape index (κ3) is 5.40. The van der Waals surface area contributed by atoms with Crippen molar-refractivity contribution in [1.29, 1.82) is 0 Å². The first-order valence-electron chi connectivity index (χ1n) is 13.5. The van der Waals surface area contributed by atoms with E-state index in [2.05, 4.69) is 19.7 Å². The summed E-state index contributed by atoms with van der Waals surface area (Å²) >= 11 is 0. The lowest BCUT2D eigenvalue weighted by atomic mass is 10.0. The van der Waals surface area contributed by atoms with E-state index in [9.17, 15) is 16.8 Å². The largest absolute Gasteiger partial charge is 0.480 e. The number of anilines is 2. The van der Waals surface area contributed by atoms with Gasteiger partial charge in [-0.2, -0.15) is 0 Å². The molecule has 44 heavy (non-hydrogen) atoms. The molecule has 0 fully saturated rings. The zero-order valence-corrected chi connectivity index (χ0v) is 25.4. The number of rotatable bonds is 8. The number of fused-ring (bicyclic) bond motifs is 2. The summed E-state index contributed by atoms with van der Waals surface area (Å²) in [6.07, 6.45) is 3.14. The summed E-state index contributed by atoms with van der Waals surface area (Å²) in [7, 11) is -5.97. The van der Waals surface area contributed by atoms with Crippen LogP contribution in [0.4, 0.5) is 11.5 Å². The molecule has 6 aromatic rings. The number of hydrogen-bond donors (Lipinski definition) is 2. The minimum atomic E-state index is -4.06. The van der Waals surface area contributed by atoms with Crippen molar-refractivity contribution < 1.29 is 21.6 Å². The predicted octanol–water partition coefficient (Wildman–Crippen LogP) is 5.70. The van der Waals surface area contributed by atoms with Crippen LogP contribution in [0.5, 0.6) is 5.88 Å². The van der Waals surface area contributed by atoms with Crippen LogP contribution in [0.1, 0.15) is 6.92 Å². The van der Waals surface area contributed by atoms with Crippen molar-refractivity contribution in [3.63, 3.8) is 0 Å². The number of ether oxygens (including phenoxy) is 1. The van der Waals surface area contributed by atoms with E-state index in [0.717, 1.165) is 16.5 Å². The van der Waals surface area contributed by atoms with Crippen molar-refractivity contribution in [2.24, 2.45) is 0 Å². The molecule has 10 nitrogen and oxygen atoms in total. The number of nitrogens with zero attached hydrogens (tertiary/aromatic N) is 3. The minimum Gasteiger partial charge on any atom is -0.480 e. The Morgan fingerprint density at radius 3 is 2.32 bits per heavy atom. The van der Waals surface area contributed by atoms with Gasteiger partial charge in [-0.25, -0.2) is 26.8 Å². The third-order valence-electron chi connectivity index (χ3n) is 7.26. The number of hydrogen-bond acceptors (Lipinski definition) is 9. The number of aromatic nitrogens is 3. The summed E-state index contributed by atoms with van der Waals surface area (Å²) in [5.74, 6) is 0.428. The summed E-state index contributed by atoms with van der Waals surface area (Å²) < 4.78 is 59.5. The third-order valence-corrected chi connectivity index (χ3v) is 10.4. The second kappa shape index (κ2) is 11.2. The number of nitrogens with one attached hydrogen (secondary N) is 1. The van der Waals surface area contributed by atoms with Gasteiger partial charge in [-0.1, -0.05) is 43.3 Å². The van der Waals surface area contributed by atoms with E-state index in [4.69, 9.17) is 10.5 Å². The van der Waals surface area contributed by atoms with Gasteiger partial charge < -0.3 is 10.5 Å². The summed E-state index contributed by atoms with van der Waals surface area (Å²) in [4.78, 5) is 13.5. The second-order valence-corrected chi connectivity index (χ2v) is 13.9. The fourth-order valence-corrected chi connectivity index (χ4v) is 7.06. The fourth-order valence-electron chi connectivity index (χ4n) is 4.95. The van der Waals surface area contributed by atoms with E-state index >= 15 is 0 Å². The van der Waals surface area contributed by atoms with Gasteiger partial charge in [0.05, 0.1) is 28.8 Å². The van der Waals surface area contributed by atoms with E-state index in [1.54, 1.807) is 73.9 Å². The maximum absolute atomic E-state index is 13.5. The molecule has 3 aromatic carbocycles. The highest BCUT2D eigenvalue weighted by molar-refractivity contribution is 7.93. The zero-order valence-electron chi connectivity index (χ0n) is 23.7. The normalized spacial score (nSPS) is 12.0. The number of methoxy groups -OCH3 is 1. The van der Waals surface area contributed by atoms with Gasteiger partial charge in [0.15, 0.2) is 9.84 Å². The van der Waals surface area contributed by atoms with E-state index in [1.165, 1.54) is 13.2 Å². The number of benzene rings is 3. The van der Waals surface area contributed by atoms with Crippen molar-refractivity contribution in [1.82, 2.24) is 15.0 Å². The quantitative estimate of drug-likeness (QED) is 0.217. The van der Waals surface area contributed by atoms with Crippen molar-refractivity contribution in [2.75, 3.05) is 23.3 Å². The van der Waals surface area contributed by atoms with Crippen LogP contribution < -0.4 is 15.2 Å². The van der Waals surface area contributed by atoms with Crippen molar-refractivity contribution in [2.45, 2.75) is 16.7 Å². The molecule has 0 unspecified atom stereocenters. The number of nitrogens with two attached hydrogens (primary N) is 1. The van der Waals surface area contributed by atoms with Crippen LogP contribution in [0, 0.1) is 0 Å². The number of nitrogen functional groups attached to an aromatic ring is 1.